The fraction of sp³-hybridized carbons (Fsp3) is 0.421. The Kier molecular flexibility index (Phi) is 5.67. The van der Waals surface area contributed by atoms with Gasteiger partial charge in [-0.3, -0.25) is 4.98 Å². The van der Waals surface area contributed by atoms with Crippen molar-refractivity contribution in [2.24, 2.45) is 0 Å². The van der Waals surface area contributed by atoms with Crippen LogP contribution in [-0.4, -0.2) is 20.4 Å². The summed E-state index contributed by atoms with van der Waals surface area (Å²) in [5.74, 6) is 0.736. The van der Waals surface area contributed by atoms with E-state index < -0.39 is 8.32 Å². The number of anilines is 2. The molecule has 0 unspecified atom stereocenters. The van der Waals surface area contributed by atoms with Gasteiger partial charge in [-0.2, -0.15) is 0 Å². The topological polar surface area (TPSA) is 43.4 Å². The van der Waals surface area contributed by atoms with Gasteiger partial charge in [0.2, 0.25) is 0 Å². The number of nitrogens with one attached hydrogen (secondary N) is 1. The molecule has 24 heavy (non-hydrogen) atoms. The van der Waals surface area contributed by atoms with Crippen molar-refractivity contribution >= 4 is 19.7 Å². The van der Waals surface area contributed by atoms with Gasteiger partial charge in [-0.1, -0.05) is 32.9 Å². The fourth-order valence-electron chi connectivity index (χ4n) is 1.93. The van der Waals surface area contributed by atoms with Crippen molar-refractivity contribution in [3.63, 3.8) is 0 Å². The maximum Gasteiger partial charge on any atom is 0.192 e. The third-order valence-electron chi connectivity index (χ3n) is 4.60. The Morgan fingerprint density at radius 2 is 1.71 bits per heavy atom. The highest BCUT2D eigenvalue weighted by atomic mass is 28.4. The van der Waals surface area contributed by atoms with Gasteiger partial charge in [0.05, 0.1) is 31.8 Å². The van der Waals surface area contributed by atoms with Crippen molar-refractivity contribution in [2.45, 2.75) is 45.5 Å². The van der Waals surface area contributed by atoms with E-state index in [1.807, 2.05) is 6.07 Å². The highest BCUT2D eigenvalue weighted by Gasteiger charge is 2.36. The van der Waals surface area contributed by atoms with Gasteiger partial charge in [0.1, 0.15) is 5.75 Å². The van der Waals surface area contributed by atoms with Crippen LogP contribution in [0.4, 0.5) is 11.4 Å². The van der Waals surface area contributed by atoms with E-state index in [0.29, 0.717) is 6.61 Å². The molecule has 0 amide bonds. The van der Waals surface area contributed by atoms with E-state index in [2.05, 4.69) is 68.4 Å². The number of ether oxygens (including phenoxy) is 1. The molecule has 0 atom stereocenters. The maximum absolute atomic E-state index is 6.26. The molecule has 2 rings (SSSR count). The Hall–Kier alpha value is -1.85. The number of pyridine rings is 1. The quantitative estimate of drug-likeness (QED) is 0.717. The zero-order valence-corrected chi connectivity index (χ0v) is 16.5. The summed E-state index contributed by atoms with van der Waals surface area (Å²) in [7, 11) is -0.0737. The number of hydrogen-bond acceptors (Lipinski definition) is 4. The molecule has 0 bridgehead atoms. The summed E-state index contributed by atoms with van der Waals surface area (Å²) in [6.45, 7) is 12.0. The minimum Gasteiger partial charge on any atom is -0.495 e. The van der Waals surface area contributed by atoms with Crippen LogP contribution >= 0.6 is 0 Å². The second-order valence-electron chi connectivity index (χ2n) is 7.48. The predicted octanol–water partition coefficient (Wildman–Crippen LogP) is 5.36. The molecule has 0 saturated heterocycles. The van der Waals surface area contributed by atoms with E-state index in [4.69, 9.17) is 9.16 Å². The van der Waals surface area contributed by atoms with Crippen molar-refractivity contribution in [1.82, 2.24) is 4.98 Å². The van der Waals surface area contributed by atoms with Gasteiger partial charge >= 0.3 is 0 Å². The molecule has 1 N–H and O–H groups in total. The average Bonchev–Trinajstić information content (AvgIpc) is 2.53. The first-order chi connectivity index (χ1) is 11.2. The molecular weight excluding hydrogens is 316 g/mol. The molecule has 0 aliphatic rings. The maximum atomic E-state index is 6.26. The Balaban J connectivity index is 1.98. The molecule has 0 aliphatic heterocycles. The van der Waals surface area contributed by atoms with Crippen LogP contribution in [0.3, 0.4) is 0 Å². The van der Waals surface area contributed by atoms with Crippen molar-refractivity contribution in [3.8, 4) is 5.75 Å². The minimum absolute atomic E-state index is 0.230. The highest BCUT2D eigenvalue weighted by Crippen LogP contribution is 2.37. The summed E-state index contributed by atoms with van der Waals surface area (Å²) >= 11 is 0. The van der Waals surface area contributed by atoms with Gasteiger partial charge in [0.25, 0.3) is 0 Å². The van der Waals surface area contributed by atoms with Crippen molar-refractivity contribution in [2.75, 3.05) is 12.4 Å². The van der Waals surface area contributed by atoms with E-state index in [0.717, 1.165) is 17.1 Å². The number of rotatable bonds is 6. The normalized spacial score (nSPS) is 12.1. The third kappa shape index (κ3) is 4.82. The lowest BCUT2D eigenvalue weighted by Crippen LogP contribution is -2.40. The van der Waals surface area contributed by atoms with Crippen LogP contribution in [0.15, 0.2) is 42.7 Å². The Morgan fingerprint density at radius 3 is 2.29 bits per heavy atom. The van der Waals surface area contributed by atoms with E-state index in [1.54, 1.807) is 19.5 Å². The number of nitrogens with zero attached hydrogens (tertiary/aromatic N) is 1. The summed E-state index contributed by atoms with van der Waals surface area (Å²) in [5, 5.41) is 3.56. The first-order valence-electron chi connectivity index (χ1n) is 8.20. The van der Waals surface area contributed by atoms with Crippen molar-refractivity contribution < 1.29 is 9.16 Å². The second-order valence-corrected chi connectivity index (χ2v) is 12.3. The van der Waals surface area contributed by atoms with Crippen LogP contribution in [0.2, 0.25) is 18.1 Å². The first-order valence-corrected chi connectivity index (χ1v) is 11.1. The molecule has 0 fully saturated rings. The highest BCUT2D eigenvalue weighted by molar-refractivity contribution is 6.74. The number of aromatic nitrogens is 1. The molecule has 0 saturated carbocycles. The average molecular weight is 345 g/mol. The lowest BCUT2D eigenvalue weighted by molar-refractivity contribution is 0.276. The van der Waals surface area contributed by atoms with Crippen molar-refractivity contribution in [3.05, 3.63) is 48.3 Å². The van der Waals surface area contributed by atoms with Gasteiger partial charge < -0.3 is 14.5 Å². The van der Waals surface area contributed by atoms with E-state index in [1.165, 1.54) is 5.56 Å². The molecule has 2 aromatic rings. The summed E-state index contributed by atoms with van der Waals surface area (Å²) in [4.78, 5) is 4.15. The van der Waals surface area contributed by atoms with Crippen LogP contribution in [0.5, 0.6) is 5.75 Å². The van der Waals surface area contributed by atoms with Gasteiger partial charge in [-0.25, -0.2) is 0 Å². The zero-order chi connectivity index (χ0) is 17.8. The molecule has 0 aliphatic carbocycles. The van der Waals surface area contributed by atoms with E-state index in [-0.39, 0.29) is 5.04 Å². The Morgan fingerprint density at radius 1 is 1.04 bits per heavy atom. The zero-order valence-electron chi connectivity index (χ0n) is 15.5. The van der Waals surface area contributed by atoms with Crippen LogP contribution in [-0.2, 0) is 11.0 Å². The molecule has 1 heterocycles. The summed E-state index contributed by atoms with van der Waals surface area (Å²) in [5.41, 5.74) is 3.11. The smallest absolute Gasteiger partial charge is 0.192 e. The van der Waals surface area contributed by atoms with Crippen LogP contribution < -0.4 is 10.1 Å². The number of hydrogen-bond donors (Lipinski definition) is 1. The molecular formula is C19H28N2O2Si. The molecule has 0 spiro atoms. The Bertz CT molecular complexity index is 664. The summed E-state index contributed by atoms with van der Waals surface area (Å²) < 4.78 is 11.4. The monoisotopic (exact) mass is 344 g/mol. The molecule has 1 aromatic carbocycles. The second kappa shape index (κ2) is 7.36. The minimum atomic E-state index is -1.71. The molecule has 1 aromatic heterocycles. The lowest BCUT2D eigenvalue weighted by atomic mass is 10.2. The van der Waals surface area contributed by atoms with Gasteiger partial charge in [-0.05, 0) is 35.8 Å². The standard InChI is InChI=1S/C19H28N2O2Si/c1-19(2,3)24(5,6)23-14-15-7-9-16(10-8-15)21-17-11-18(22-4)13-20-12-17/h7-13,21H,14H2,1-6H3. The lowest BCUT2D eigenvalue weighted by Gasteiger charge is -2.36. The molecule has 4 nitrogen and oxygen atoms in total. The summed E-state index contributed by atoms with van der Waals surface area (Å²) in [6.07, 6.45) is 3.46. The first kappa shape index (κ1) is 18.5. The molecule has 5 heteroatoms. The molecule has 130 valence electrons. The fourth-order valence-corrected chi connectivity index (χ4v) is 2.89. The SMILES string of the molecule is COc1cncc(Nc2ccc(CO[Si](C)(C)C(C)(C)C)cc2)c1. The van der Waals surface area contributed by atoms with Crippen LogP contribution in [0.1, 0.15) is 26.3 Å². The van der Waals surface area contributed by atoms with Gasteiger partial charge in [0.15, 0.2) is 8.32 Å². The van der Waals surface area contributed by atoms with E-state index in [9.17, 15) is 0 Å². The van der Waals surface area contributed by atoms with Gasteiger partial charge in [0, 0.05) is 11.8 Å². The third-order valence-corrected chi connectivity index (χ3v) is 9.08. The van der Waals surface area contributed by atoms with E-state index >= 15 is 0 Å². The summed E-state index contributed by atoms with van der Waals surface area (Å²) in [6, 6.07) is 10.2. The number of methoxy groups -OCH3 is 1. The molecule has 0 radical (unpaired) electrons. The van der Waals surface area contributed by atoms with Crippen molar-refractivity contribution in [1.29, 1.82) is 0 Å². The number of benzene rings is 1. The van der Waals surface area contributed by atoms with Crippen LogP contribution in [0.25, 0.3) is 0 Å². The van der Waals surface area contributed by atoms with Crippen LogP contribution in [0, 0.1) is 0 Å². The Labute approximate surface area is 146 Å². The largest absolute Gasteiger partial charge is 0.495 e. The predicted molar refractivity (Wildman–Crippen MR) is 102 cm³/mol. The van der Waals surface area contributed by atoms with Gasteiger partial charge in [-0.15, -0.1) is 0 Å².